The summed E-state index contributed by atoms with van der Waals surface area (Å²) in [6.07, 6.45) is 0.370. The molecule has 8 heterocycles. The second-order valence-corrected chi connectivity index (χ2v) is 30.8. The average molecular weight is 1860 g/mol. The lowest BCUT2D eigenvalue weighted by atomic mass is 9.70. The van der Waals surface area contributed by atoms with Gasteiger partial charge in [0.15, 0.2) is 5.78 Å². The number of rotatable bonds is 8. The molecule has 37 heteroatoms. The minimum atomic E-state index is -0.824. The summed E-state index contributed by atoms with van der Waals surface area (Å²) in [6, 6.07) is 78.4. The Morgan fingerprint density at radius 1 is 0.217 bits per heavy atom. The molecule has 0 amide bonds. The van der Waals surface area contributed by atoms with Crippen molar-refractivity contribution in [3.63, 3.8) is 0 Å². The fourth-order valence-electron chi connectivity index (χ4n) is 14.4. The summed E-state index contributed by atoms with van der Waals surface area (Å²) in [5.74, 6) is -8.00. The Morgan fingerprint density at radius 3 is 0.739 bits per heavy atom. The van der Waals surface area contributed by atoms with E-state index in [4.69, 9.17) is 66.8 Å². The van der Waals surface area contributed by atoms with E-state index in [0.29, 0.717) is 28.2 Å². The minimum Gasteiger partial charge on any atom is -0.457 e. The van der Waals surface area contributed by atoms with E-state index in [9.17, 15) is 81.5 Å². The molecule has 20 N–H and O–H groups in total. The number of fused-ring (bicyclic) bond motifs is 8. The van der Waals surface area contributed by atoms with Gasteiger partial charge in [-0.3, -0.25) is 24.0 Å². The molecule has 138 heavy (non-hydrogen) atoms. The van der Waals surface area contributed by atoms with E-state index < -0.39 is 124 Å². The van der Waals surface area contributed by atoms with Gasteiger partial charge in [0.1, 0.15) is 23.0 Å². The van der Waals surface area contributed by atoms with Gasteiger partial charge in [-0.15, -0.1) is 0 Å². The molecule has 22 rings (SSSR count). The van der Waals surface area contributed by atoms with Gasteiger partial charge in [-0.1, -0.05) is 60.7 Å². The van der Waals surface area contributed by atoms with E-state index in [1.807, 2.05) is 109 Å². The highest BCUT2D eigenvalue weighted by molar-refractivity contribution is 6.20. The molecule has 6 aliphatic heterocycles. The number of ketones is 1. The van der Waals surface area contributed by atoms with E-state index in [0.717, 1.165) is 86.1 Å². The molecule has 1 aliphatic carbocycles. The van der Waals surface area contributed by atoms with Crippen molar-refractivity contribution in [2.75, 3.05) is 57.3 Å². The van der Waals surface area contributed by atoms with Crippen molar-refractivity contribution in [3.8, 4) is 45.3 Å². The highest BCUT2D eigenvalue weighted by atomic mass is 16.6. The molecule has 7 aliphatic rings. The average Bonchev–Trinajstić information content (AvgIpc) is 1.61. The van der Waals surface area contributed by atoms with Crippen molar-refractivity contribution < 1.29 is 109 Å². The number of hydrogen-bond acceptors (Lipinski definition) is 37. The smallest absolute Gasteiger partial charge is 0.346 e. The van der Waals surface area contributed by atoms with Crippen LogP contribution in [0.25, 0.3) is 43.8 Å². The lowest BCUT2D eigenvalue weighted by Gasteiger charge is -2.25. The highest BCUT2D eigenvalue weighted by Gasteiger charge is 2.58. The normalized spacial score (nSPS) is 15.4. The van der Waals surface area contributed by atoms with Crippen molar-refractivity contribution >= 4 is 156 Å². The van der Waals surface area contributed by atoms with Crippen LogP contribution in [-0.2, 0) is 47.6 Å². The van der Waals surface area contributed by atoms with Crippen LogP contribution in [0, 0.1) is 23.7 Å². The lowest BCUT2D eigenvalue weighted by molar-refractivity contribution is -0.154. The van der Waals surface area contributed by atoms with Gasteiger partial charge >= 0.3 is 94.1 Å². The number of cyclic esters (lactones) is 12. The number of ether oxygens (including phenoxy) is 8. The SMILES string of the molecule is Nc1ccc(-c2ccc(N)cc2)cc1.Nc1ccc(N)cc1.Nc1ccc(Oc2ccc(N)cc2)cc1.Nc1ccc(Oc2cccc(N)c2)cc1.Nc1cccc(N)c1.O=C(c1ccc2c(c1)C(=O)OC2=O)c1ccc2c(c1)C(=O)OC2=O.O=C1OC(=O)C2CC3C(=O)OC(=O)C3CC12.O=C1OC(=O)c2cc(-c3ccc4c(c3)C(=O)OC4=O)ccc21.O=c1oc(=O)c2cc3c(=O)oc(=O)c3cc12. The first-order valence-corrected chi connectivity index (χ1v) is 41.1. The maximum atomic E-state index is 12.5. The molecule has 37 nitrogen and oxygen atoms in total. The Labute approximate surface area is 776 Å². The van der Waals surface area contributed by atoms with Crippen molar-refractivity contribution in [2.24, 2.45) is 23.7 Å². The van der Waals surface area contributed by atoms with Crippen LogP contribution in [0.3, 0.4) is 0 Å². The molecule has 0 radical (unpaired) electrons. The summed E-state index contributed by atoms with van der Waals surface area (Å²) in [5.41, 5.74) is 64.0. The second kappa shape index (κ2) is 40.7. The Morgan fingerprint density at radius 2 is 0.457 bits per heavy atom. The molecule has 15 aromatic rings. The van der Waals surface area contributed by atoms with E-state index in [1.165, 1.54) is 60.7 Å². The van der Waals surface area contributed by atoms with Crippen LogP contribution in [0.4, 0.5) is 56.9 Å². The molecule has 0 bridgehead atoms. The molecule has 13 aromatic carbocycles. The van der Waals surface area contributed by atoms with Crippen LogP contribution in [0.15, 0.2) is 307 Å². The van der Waals surface area contributed by atoms with Gasteiger partial charge in [-0.05, 0) is 247 Å². The number of furan rings is 2. The Bertz CT molecular complexity index is 7160. The molecule has 4 atom stereocenters. The van der Waals surface area contributed by atoms with E-state index in [1.54, 1.807) is 97.1 Å². The molecule has 2 saturated heterocycles. The highest BCUT2D eigenvalue weighted by Crippen LogP contribution is 2.46. The molecule has 0 spiro atoms. The maximum Gasteiger partial charge on any atom is 0.346 e. The van der Waals surface area contributed by atoms with Crippen LogP contribution in [0.1, 0.15) is 112 Å². The van der Waals surface area contributed by atoms with Crippen molar-refractivity contribution in [1.82, 2.24) is 0 Å². The third-order valence-corrected chi connectivity index (χ3v) is 21.4. The number of hydrogen-bond donors (Lipinski definition) is 10. The number of carbonyl (C=O) groups is 13. The second-order valence-electron chi connectivity index (χ2n) is 30.8. The number of benzene rings is 13. The van der Waals surface area contributed by atoms with Crippen LogP contribution in [-0.4, -0.2) is 77.4 Å². The quantitative estimate of drug-likeness (QED) is 0.0222. The van der Waals surface area contributed by atoms with Gasteiger partial charge in [0.2, 0.25) is 0 Å². The van der Waals surface area contributed by atoms with Crippen LogP contribution in [0.5, 0.6) is 23.0 Å². The summed E-state index contributed by atoms with van der Waals surface area (Å²) >= 11 is 0. The Hall–Kier alpha value is -19.7. The Balaban J connectivity index is 0.000000126. The van der Waals surface area contributed by atoms with Crippen molar-refractivity contribution in [3.05, 3.63) is 376 Å². The van der Waals surface area contributed by atoms with Crippen LogP contribution < -0.4 is 89.3 Å². The molecule has 3 fully saturated rings. The number of anilines is 10. The summed E-state index contributed by atoms with van der Waals surface area (Å²) in [7, 11) is 0. The van der Waals surface area contributed by atoms with Gasteiger partial charge in [-0.25, -0.2) is 57.5 Å². The van der Waals surface area contributed by atoms with Crippen LogP contribution >= 0.6 is 0 Å². The molecular weight excluding hydrogens is 1790 g/mol. The van der Waals surface area contributed by atoms with E-state index in [2.05, 4.69) is 37.3 Å². The van der Waals surface area contributed by atoms with Gasteiger partial charge < -0.3 is 104 Å². The lowest BCUT2D eigenvalue weighted by Crippen LogP contribution is -2.35. The van der Waals surface area contributed by atoms with Crippen molar-refractivity contribution in [1.29, 1.82) is 0 Å². The summed E-state index contributed by atoms with van der Waals surface area (Å²) in [4.78, 5) is 194. The minimum absolute atomic E-state index is 0.0154. The molecule has 690 valence electrons. The number of esters is 12. The summed E-state index contributed by atoms with van der Waals surface area (Å²) in [5, 5.41) is -0.0726. The molecular formula is C101H74N10O27. The zero-order valence-corrected chi connectivity index (χ0v) is 71.6. The first kappa shape index (κ1) is 94.4. The van der Waals surface area contributed by atoms with Gasteiger partial charge in [-0.2, -0.15) is 0 Å². The monoisotopic (exact) mass is 1860 g/mol. The maximum absolute atomic E-state index is 12.5. The fourth-order valence-corrected chi connectivity index (χ4v) is 14.4. The number of nitrogen functional groups attached to an aromatic ring is 10. The van der Waals surface area contributed by atoms with Gasteiger partial charge in [0.05, 0.1) is 89.7 Å². The predicted octanol–water partition coefficient (Wildman–Crippen LogP) is 11.9. The number of nitrogens with two attached hydrogens (primary N) is 10. The van der Waals surface area contributed by atoms with Crippen molar-refractivity contribution in [2.45, 2.75) is 12.8 Å². The van der Waals surface area contributed by atoms with Gasteiger partial charge in [0.25, 0.3) is 0 Å². The molecule has 1 saturated carbocycles. The van der Waals surface area contributed by atoms with Crippen LogP contribution in [0.2, 0.25) is 0 Å². The topological polar surface area (TPSA) is 651 Å². The standard InChI is InChI=1S/C17H6O7.C16H6O6.2C12H12N2O.C12H12N2.C10H8O6.C10H2O6.2C6H8N2/c18-13(7-1-3-9-11(5-7)16(21)23-14(9)19)8-2-4-10-12(6-8)17(22)24-15(10)20;17-13-9-3-1-7(5-11(9)15(19)21-13)8-2-4-10-12(6-8)16(20)22-14(10)18;13-9-1-5-11(6-2-9)15-12-7-3-10(14)4-8-12;13-9-4-6-11(7-5-9)15-12-3-1-2-10(14)8-12;13-11-5-1-9(2-6-11)10-3-7-12(14)8-4-10;2*11-7-3-1-4-6(10(14)16-8(4)12)2-5(3)9(13)15-7;7-5-1-2-6(8)4-3-5;7-5-2-1-3-6(8)4-5/h1-6H;1-6H;2*1-8H,13-14H2;1-8H,13-14H2;3-6H,1-2H2;1-2H;2*1-4H,7-8H2. The largest absolute Gasteiger partial charge is 0.457 e. The first-order valence-electron chi connectivity index (χ1n) is 41.1. The first-order chi connectivity index (χ1) is 65.9. The van der Waals surface area contributed by atoms with E-state index in [-0.39, 0.29) is 90.0 Å². The zero-order valence-electron chi connectivity index (χ0n) is 71.6. The molecule has 2 aromatic heterocycles. The fraction of sp³-hybridized carbons (Fsp3) is 0.0594. The van der Waals surface area contributed by atoms with E-state index >= 15 is 0 Å². The van der Waals surface area contributed by atoms with Gasteiger partial charge in [0, 0.05) is 74.1 Å². The molecule has 4 unspecified atom stereocenters. The third-order valence-electron chi connectivity index (χ3n) is 21.4. The number of carbonyl (C=O) groups excluding carboxylic acids is 13. The summed E-state index contributed by atoms with van der Waals surface area (Å²) in [6.45, 7) is 0. The predicted molar refractivity (Wildman–Crippen MR) is 501 cm³/mol. The Kier molecular flexibility index (Phi) is 27.8. The zero-order chi connectivity index (χ0) is 98.6. The summed E-state index contributed by atoms with van der Waals surface area (Å²) < 4.78 is 46.8. The third kappa shape index (κ3) is 22.1.